The Balaban J connectivity index is 2.94. The van der Waals surface area contributed by atoms with E-state index in [4.69, 9.17) is 10.00 Å². The van der Waals surface area contributed by atoms with Crippen molar-refractivity contribution < 1.29 is 14.6 Å². The second kappa shape index (κ2) is 4.29. The summed E-state index contributed by atoms with van der Waals surface area (Å²) in [5.41, 5.74) is 0.323. The van der Waals surface area contributed by atoms with Gasteiger partial charge in [0.25, 0.3) is 0 Å². The van der Waals surface area contributed by atoms with Crippen LogP contribution in [0.15, 0.2) is 30.4 Å². The minimum Gasteiger partial charge on any atom is -0.507 e. The van der Waals surface area contributed by atoms with Crippen LogP contribution in [0.1, 0.15) is 12.5 Å². The summed E-state index contributed by atoms with van der Waals surface area (Å²) < 4.78 is 4.87. The van der Waals surface area contributed by atoms with Crippen molar-refractivity contribution in [3.8, 4) is 17.6 Å². The second-order valence-electron chi connectivity index (χ2n) is 2.96. The van der Waals surface area contributed by atoms with Gasteiger partial charge in [0.2, 0.25) is 0 Å². The molecule has 1 aromatic rings. The number of ether oxygens (including phenoxy) is 1. The fraction of sp³-hybridized carbons (Fsp3) is 0.0909. The molecule has 4 heteroatoms. The van der Waals surface area contributed by atoms with Gasteiger partial charge in [0, 0.05) is 11.6 Å². The number of carbonyl (C=O) groups is 1. The first-order valence-electron chi connectivity index (χ1n) is 4.15. The molecule has 76 valence electrons. The second-order valence-corrected chi connectivity index (χ2v) is 2.96. The van der Waals surface area contributed by atoms with E-state index in [1.807, 2.05) is 0 Å². The number of nitrogens with zero attached hydrogens (tertiary/aromatic N) is 1. The number of hydrogen-bond donors (Lipinski definition) is 1. The molecule has 0 fully saturated rings. The maximum atomic E-state index is 11.1. The number of esters is 1. The van der Waals surface area contributed by atoms with Gasteiger partial charge in [-0.1, -0.05) is 6.58 Å². The standard InChI is InChI=1S/C11H9NO3/c1-7(2)11(14)15-9-3-4-10(13)8(5-9)6-12/h3-5,13H,1H2,2H3. The van der Waals surface area contributed by atoms with Crippen molar-refractivity contribution in [2.24, 2.45) is 0 Å². The maximum absolute atomic E-state index is 11.1. The van der Waals surface area contributed by atoms with Crippen LogP contribution in [0.25, 0.3) is 0 Å². The Morgan fingerprint density at radius 3 is 2.80 bits per heavy atom. The minimum atomic E-state index is -0.565. The van der Waals surface area contributed by atoms with Crippen LogP contribution < -0.4 is 4.74 Å². The molecule has 0 spiro atoms. The van der Waals surface area contributed by atoms with Crippen molar-refractivity contribution in [2.75, 3.05) is 0 Å². The van der Waals surface area contributed by atoms with Crippen molar-refractivity contribution in [1.82, 2.24) is 0 Å². The molecule has 15 heavy (non-hydrogen) atoms. The Bertz CT molecular complexity index is 457. The van der Waals surface area contributed by atoms with Crippen LogP contribution in [0.5, 0.6) is 11.5 Å². The average Bonchev–Trinajstić information content (AvgIpc) is 2.20. The van der Waals surface area contributed by atoms with Gasteiger partial charge < -0.3 is 9.84 Å². The third-order valence-electron chi connectivity index (χ3n) is 1.65. The Hall–Kier alpha value is -2.28. The molecular formula is C11H9NO3. The maximum Gasteiger partial charge on any atom is 0.338 e. The van der Waals surface area contributed by atoms with Crippen LogP contribution in [0.2, 0.25) is 0 Å². The monoisotopic (exact) mass is 203 g/mol. The molecular weight excluding hydrogens is 194 g/mol. The molecule has 0 saturated carbocycles. The molecule has 0 aliphatic carbocycles. The van der Waals surface area contributed by atoms with Crippen LogP contribution in [0.3, 0.4) is 0 Å². The number of rotatable bonds is 2. The molecule has 0 heterocycles. The van der Waals surface area contributed by atoms with E-state index in [0.29, 0.717) is 0 Å². The number of phenols is 1. The van der Waals surface area contributed by atoms with E-state index < -0.39 is 5.97 Å². The van der Waals surface area contributed by atoms with Gasteiger partial charge in [-0.2, -0.15) is 5.26 Å². The average molecular weight is 203 g/mol. The fourth-order valence-corrected chi connectivity index (χ4v) is 0.862. The lowest BCUT2D eigenvalue weighted by Crippen LogP contribution is -2.08. The summed E-state index contributed by atoms with van der Waals surface area (Å²) in [6.45, 7) is 4.94. The van der Waals surface area contributed by atoms with Gasteiger partial charge in [-0.05, 0) is 19.1 Å². The number of aromatic hydroxyl groups is 1. The summed E-state index contributed by atoms with van der Waals surface area (Å²) in [6.07, 6.45) is 0. The molecule has 0 aliphatic rings. The van der Waals surface area contributed by atoms with E-state index in [1.165, 1.54) is 25.1 Å². The minimum absolute atomic E-state index is 0.0574. The molecule has 0 unspecified atom stereocenters. The highest BCUT2D eigenvalue weighted by Crippen LogP contribution is 2.22. The third-order valence-corrected chi connectivity index (χ3v) is 1.65. The van der Waals surface area contributed by atoms with Crippen LogP contribution in [0.4, 0.5) is 0 Å². The van der Waals surface area contributed by atoms with Crippen molar-refractivity contribution in [3.05, 3.63) is 35.9 Å². The number of nitriles is 1. The highest BCUT2D eigenvalue weighted by atomic mass is 16.5. The SMILES string of the molecule is C=C(C)C(=O)Oc1ccc(O)c(C#N)c1. The van der Waals surface area contributed by atoms with Gasteiger partial charge in [0.05, 0.1) is 5.56 Å². The molecule has 4 nitrogen and oxygen atoms in total. The van der Waals surface area contributed by atoms with E-state index in [0.717, 1.165) is 0 Å². The summed E-state index contributed by atoms with van der Waals surface area (Å²) in [4.78, 5) is 11.1. The normalized spacial score (nSPS) is 9.07. The van der Waals surface area contributed by atoms with Gasteiger partial charge in [-0.3, -0.25) is 0 Å². The molecule has 0 saturated heterocycles. The van der Waals surface area contributed by atoms with E-state index in [-0.39, 0.29) is 22.6 Å². The number of hydrogen-bond acceptors (Lipinski definition) is 4. The topological polar surface area (TPSA) is 70.3 Å². The number of carbonyl (C=O) groups excluding carboxylic acids is 1. The Kier molecular flexibility index (Phi) is 3.09. The van der Waals surface area contributed by atoms with Crippen LogP contribution >= 0.6 is 0 Å². The predicted octanol–water partition coefficient (Wildman–Crippen LogP) is 1.75. The van der Waals surface area contributed by atoms with Gasteiger partial charge in [-0.25, -0.2) is 4.79 Å². The summed E-state index contributed by atoms with van der Waals surface area (Å²) in [6, 6.07) is 5.75. The van der Waals surface area contributed by atoms with Gasteiger partial charge in [0.1, 0.15) is 17.6 Å². The van der Waals surface area contributed by atoms with Crippen molar-refractivity contribution in [3.63, 3.8) is 0 Å². The molecule has 0 aliphatic heterocycles. The smallest absolute Gasteiger partial charge is 0.338 e. The summed E-state index contributed by atoms with van der Waals surface area (Å²) >= 11 is 0. The molecule has 1 aromatic carbocycles. The Morgan fingerprint density at radius 1 is 1.60 bits per heavy atom. The molecule has 0 amide bonds. The van der Waals surface area contributed by atoms with Crippen molar-refractivity contribution in [1.29, 1.82) is 5.26 Å². The quantitative estimate of drug-likeness (QED) is 0.451. The molecule has 1 N–H and O–H groups in total. The van der Waals surface area contributed by atoms with Crippen molar-refractivity contribution in [2.45, 2.75) is 6.92 Å². The number of benzene rings is 1. The predicted molar refractivity (Wildman–Crippen MR) is 53.3 cm³/mol. The van der Waals surface area contributed by atoms with Gasteiger partial charge in [0.15, 0.2) is 0 Å². The summed E-state index contributed by atoms with van der Waals surface area (Å²) in [5, 5.41) is 17.8. The lowest BCUT2D eigenvalue weighted by atomic mass is 10.2. The molecule has 0 bridgehead atoms. The first-order valence-corrected chi connectivity index (χ1v) is 4.15. The fourth-order valence-electron chi connectivity index (χ4n) is 0.862. The van der Waals surface area contributed by atoms with Crippen LogP contribution in [0, 0.1) is 11.3 Å². The zero-order valence-corrected chi connectivity index (χ0v) is 8.15. The lowest BCUT2D eigenvalue weighted by Gasteiger charge is -2.04. The van der Waals surface area contributed by atoms with Gasteiger partial charge in [-0.15, -0.1) is 0 Å². The lowest BCUT2D eigenvalue weighted by molar-refractivity contribution is -0.130. The van der Waals surface area contributed by atoms with E-state index >= 15 is 0 Å². The number of phenolic OH excluding ortho intramolecular Hbond substituents is 1. The van der Waals surface area contributed by atoms with E-state index in [9.17, 15) is 9.90 Å². The highest BCUT2D eigenvalue weighted by Gasteiger charge is 2.07. The van der Waals surface area contributed by atoms with Crippen LogP contribution in [-0.4, -0.2) is 11.1 Å². The Labute approximate surface area is 87.0 Å². The molecule has 0 atom stereocenters. The zero-order valence-electron chi connectivity index (χ0n) is 8.15. The molecule has 1 rings (SSSR count). The first-order chi connectivity index (χ1) is 7.04. The van der Waals surface area contributed by atoms with E-state index in [1.54, 1.807) is 6.07 Å². The van der Waals surface area contributed by atoms with Crippen molar-refractivity contribution >= 4 is 5.97 Å². The summed E-state index contributed by atoms with van der Waals surface area (Å²) in [7, 11) is 0. The molecule has 0 radical (unpaired) electrons. The first kappa shape index (κ1) is 10.8. The summed E-state index contributed by atoms with van der Waals surface area (Å²) in [5.74, 6) is -0.505. The van der Waals surface area contributed by atoms with Crippen LogP contribution in [-0.2, 0) is 4.79 Å². The third kappa shape index (κ3) is 2.58. The molecule has 0 aromatic heterocycles. The Morgan fingerprint density at radius 2 is 2.27 bits per heavy atom. The highest BCUT2D eigenvalue weighted by molar-refractivity contribution is 5.88. The largest absolute Gasteiger partial charge is 0.507 e. The zero-order chi connectivity index (χ0) is 11.4. The van der Waals surface area contributed by atoms with Gasteiger partial charge >= 0.3 is 5.97 Å². The van der Waals surface area contributed by atoms with E-state index in [2.05, 4.69) is 6.58 Å².